The normalized spacial score (nSPS) is 6.86. The average Bonchev–Trinajstić information content (AvgIpc) is 1.69. The summed E-state index contributed by atoms with van der Waals surface area (Å²) in [4.78, 5) is 0. The van der Waals surface area contributed by atoms with Crippen LogP contribution >= 0.6 is 0 Å². The van der Waals surface area contributed by atoms with E-state index in [1.807, 2.05) is 14.6 Å². The highest BCUT2D eigenvalue weighted by Crippen LogP contribution is 1.73. The van der Waals surface area contributed by atoms with Gasteiger partial charge < -0.3 is 0 Å². The fourth-order valence-corrected chi connectivity index (χ4v) is 0.271. The van der Waals surface area contributed by atoms with Gasteiger partial charge in [0, 0.05) is 0 Å². The summed E-state index contributed by atoms with van der Waals surface area (Å²) in [5, 5.41) is 0. The van der Waals surface area contributed by atoms with Gasteiger partial charge in [-0.25, -0.2) is 0 Å². The van der Waals surface area contributed by atoms with E-state index in [0.29, 0.717) is 0 Å². The fraction of sp³-hybridized carbons (Fsp3) is 0.200. The average molecular weight is 89.7 g/mol. The van der Waals surface area contributed by atoms with Crippen LogP contribution in [0.4, 0.5) is 0 Å². The van der Waals surface area contributed by atoms with Crippen LogP contribution in [0.15, 0.2) is 25.1 Å². The first-order valence-corrected chi connectivity index (χ1v) is 2.30. The third-order valence-electron chi connectivity index (χ3n) is 0.605. The molecule has 0 atom stereocenters. The van der Waals surface area contributed by atoms with E-state index in [1.54, 1.807) is 12.0 Å². The third kappa shape index (κ3) is 5.61. The maximum absolute atomic E-state index is 3.52. The first-order valence-electron chi connectivity index (χ1n) is 2.30. The van der Waals surface area contributed by atoms with Crippen LogP contribution in [0.2, 0.25) is 6.22 Å². The SMILES string of the molecule is C=C[B]C[B]C=C. The van der Waals surface area contributed by atoms with Crippen LogP contribution in [0.1, 0.15) is 0 Å². The van der Waals surface area contributed by atoms with Crippen molar-refractivity contribution in [3.05, 3.63) is 25.1 Å². The monoisotopic (exact) mass is 90.1 g/mol. The zero-order chi connectivity index (χ0) is 5.54. The van der Waals surface area contributed by atoms with Crippen LogP contribution in [-0.4, -0.2) is 14.6 Å². The Labute approximate surface area is 46.8 Å². The van der Waals surface area contributed by atoms with Crippen LogP contribution in [-0.2, 0) is 0 Å². The van der Waals surface area contributed by atoms with E-state index in [-0.39, 0.29) is 0 Å². The van der Waals surface area contributed by atoms with Crippen molar-refractivity contribution in [2.45, 2.75) is 6.22 Å². The Kier molecular flexibility index (Phi) is 5.30. The quantitative estimate of drug-likeness (QED) is 0.357. The molecule has 0 aromatic heterocycles. The number of hydrogen-bond donors (Lipinski definition) is 0. The first-order chi connectivity index (χ1) is 3.41. The van der Waals surface area contributed by atoms with Crippen molar-refractivity contribution in [3.8, 4) is 0 Å². The molecule has 0 fully saturated rings. The molecular weight excluding hydrogens is 81.7 g/mol. The highest BCUT2D eigenvalue weighted by molar-refractivity contribution is 6.61. The largest absolute Gasteiger partial charge is 0.132 e. The molecule has 0 heterocycles. The van der Waals surface area contributed by atoms with Gasteiger partial charge >= 0.3 is 0 Å². The maximum Gasteiger partial charge on any atom is 0.132 e. The summed E-state index contributed by atoms with van der Waals surface area (Å²) in [6.45, 7) is 7.05. The van der Waals surface area contributed by atoms with Crippen molar-refractivity contribution < 1.29 is 0 Å². The van der Waals surface area contributed by atoms with Crippen molar-refractivity contribution in [1.82, 2.24) is 0 Å². The van der Waals surface area contributed by atoms with E-state index in [2.05, 4.69) is 13.2 Å². The molecule has 7 heavy (non-hydrogen) atoms. The zero-order valence-corrected chi connectivity index (χ0v) is 4.43. The number of hydrogen-bond acceptors (Lipinski definition) is 0. The second kappa shape index (κ2) is 5.61. The van der Waals surface area contributed by atoms with Gasteiger partial charge in [0.15, 0.2) is 0 Å². The Morgan fingerprint density at radius 2 is 1.57 bits per heavy atom. The van der Waals surface area contributed by atoms with Gasteiger partial charge in [-0.3, -0.25) is 0 Å². The molecule has 0 bridgehead atoms. The lowest BCUT2D eigenvalue weighted by molar-refractivity contribution is 2.00. The van der Waals surface area contributed by atoms with Crippen LogP contribution in [0.3, 0.4) is 0 Å². The Morgan fingerprint density at radius 1 is 1.14 bits per heavy atom. The van der Waals surface area contributed by atoms with Gasteiger partial charge in [0.2, 0.25) is 0 Å². The van der Waals surface area contributed by atoms with Crippen molar-refractivity contribution in [2.24, 2.45) is 0 Å². The molecule has 0 aromatic carbocycles. The summed E-state index contributed by atoms with van der Waals surface area (Å²) in [6.07, 6.45) is 0.951. The van der Waals surface area contributed by atoms with Crippen LogP contribution in [0.25, 0.3) is 0 Å². The minimum Gasteiger partial charge on any atom is -0.130 e. The standard InChI is InChI=1S/C5H8B2/c1-3-6-5-7-4-2/h3-4H,1-2,5H2. The molecule has 0 N–H and O–H groups in total. The van der Waals surface area contributed by atoms with Crippen molar-refractivity contribution in [1.29, 1.82) is 0 Å². The molecule has 0 aliphatic carbocycles. The Hall–Kier alpha value is -0.390. The topological polar surface area (TPSA) is 0 Å². The smallest absolute Gasteiger partial charge is 0.130 e. The van der Waals surface area contributed by atoms with Crippen LogP contribution < -0.4 is 0 Å². The van der Waals surface area contributed by atoms with Gasteiger partial charge in [-0.15, -0.1) is 25.1 Å². The lowest BCUT2D eigenvalue weighted by Gasteiger charge is -1.79. The lowest BCUT2D eigenvalue weighted by Crippen LogP contribution is -1.89. The van der Waals surface area contributed by atoms with E-state index >= 15 is 0 Å². The molecular formula is C5H8B2. The molecule has 0 aliphatic rings. The summed E-state index contributed by atoms with van der Waals surface area (Å²) in [5.41, 5.74) is 0. The number of rotatable bonds is 4. The van der Waals surface area contributed by atoms with Gasteiger partial charge in [-0.1, -0.05) is 6.22 Å². The molecule has 0 saturated heterocycles. The van der Waals surface area contributed by atoms with E-state index < -0.39 is 0 Å². The highest BCUT2D eigenvalue weighted by atomic mass is 13.4. The Balaban J connectivity index is 2.68. The molecule has 0 unspecified atom stereocenters. The van der Waals surface area contributed by atoms with E-state index in [0.717, 1.165) is 6.22 Å². The highest BCUT2D eigenvalue weighted by Gasteiger charge is 1.80. The minimum absolute atomic E-state index is 0.951. The predicted molar refractivity (Wildman–Crippen MR) is 36.7 cm³/mol. The minimum atomic E-state index is 0.951. The molecule has 2 radical (unpaired) electrons. The van der Waals surface area contributed by atoms with Crippen LogP contribution in [0.5, 0.6) is 0 Å². The van der Waals surface area contributed by atoms with Gasteiger partial charge in [0.1, 0.15) is 14.6 Å². The Morgan fingerprint density at radius 3 is 1.86 bits per heavy atom. The maximum atomic E-state index is 3.52. The summed E-state index contributed by atoms with van der Waals surface area (Å²) in [5.74, 6) is 3.56. The van der Waals surface area contributed by atoms with Gasteiger partial charge in [-0.05, 0) is 0 Å². The molecule has 2 heteroatoms. The summed E-state index contributed by atoms with van der Waals surface area (Å²) < 4.78 is 0. The molecule has 0 aliphatic heterocycles. The van der Waals surface area contributed by atoms with Crippen molar-refractivity contribution in [2.75, 3.05) is 0 Å². The van der Waals surface area contributed by atoms with E-state index in [4.69, 9.17) is 0 Å². The zero-order valence-electron chi connectivity index (χ0n) is 4.43. The molecule has 0 aromatic rings. The molecule has 0 rings (SSSR count). The summed E-state index contributed by atoms with van der Waals surface area (Å²) in [7, 11) is 3.95. The summed E-state index contributed by atoms with van der Waals surface area (Å²) in [6, 6.07) is 0. The molecule has 0 saturated carbocycles. The molecule has 0 nitrogen and oxygen atoms in total. The van der Waals surface area contributed by atoms with Gasteiger partial charge in [0.25, 0.3) is 0 Å². The van der Waals surface area contributed by atoms with Crippen molar-refractivity contribution in [3.63, 3.8) is 0 Å². The lowest BCUT2D eigenvalue weighted by atomic mass is 9.55. The van der Waals surface area contributed by atoms with Gasteiger partial charge in [-0.2, -0.15) is 0 Å². The Bertz CT molecular complexity index is 51.1. The molecule has 34 valence electrons. The van der Waals surface area contributed by atoms with E-state index in [1.165, 1.54) is 0 Å². The summed E-state index contributed by atoms with van der Waals surface area (Å²) >= 11 is 0. The third-order valence-corrected chi connectivity index (χ3v) is 0.605. The van der Waals surface area contributed by atoms with E-state index in [9.17, 15) is 0 Å². The molecule has 0 spiro atoms. The first kappa shape index (κ1) is 6.61. The second-order valence-corrected chi connectivity index (χ2v) is 1.18. The van der Waals surface area contributed by atoms with Gasteiger partial charge in [0.05, 0.1) is 0 Å². The second-order valence-electron chi connectivity index (χ2n) is 1.18. The predicted octanol–water partition coefficient (Wildman–Crippen LogP) is 1.06. The fourth-order valence-electron chi connectivity index (χ4n) is 0.271. The van der Waals surface area contributed by atoms with Crippen molar-refractivity contribution >= 4 is 14.6 Å². The van der Waals surface area contributed by atoms with Crippen LogP contribution in [0, 0.1) is 0 Å². The molecule has 0 amide bonds.